The van der Waals surface area contributed by atoms with Crippen LogP contribution in [0.5, 0.6) is 5.75 Å². The lowest BCUT2D eigenvalue weighted by Crippen LogP contribution is -2.11. The average molecular weight is 198 g/mol. The molecule has 2 rings (SSSR count). The van der Waals surface area contributed by atoms with Gasteiger partial charge in [0.1, 0.15) is 5.75 Å². The van der Waals surface area contributed by atoms with Crippen molar-refractivity contribution in [3.05, 3.63) is 28.8 Å². The predicted octanol–water partition coefficient (Wildman–Crippen LogP) is 1.70. The van der Waals surface area contributed by atoms with Crippen molar-refractivity contribution in [3.63, 3.8) is 0 Å². The largest absolute Gasteiger partial charge is 0.433 e. The molecule has 13 heavy (non-hydrogen) atoms. The summed E-state index contributed by atoms with van der Waals surface area (Å²) in [6.07, 6.45) is 0. The Bertz CT molecular complexity index is 414. The first-order chi connectivity index (χ1) is 6.22. The first kappa shape index (κ1) is 8.07. The molecule has 0 spiro atoms. The van der Waals surface area contributed by atoms with Gasteiger partial charge in [0.15, 0.2) is 0 Å². The molecule has 0 saturated heterocycles. The molecule has 4 nitrogen and oxygen atoms in total. The molecule has 1 N–H and O–H groups in total. The number of rotatable bonds is 0. The minimum atomic E-state index is -0.458. The molecule has 1 aromatic rings. The number of carbonyl (C=O) groups excluding carboxylic acids is 1. The van der Waals surface area contributed by atoms with Gasteiger partial charge in [-0.05, 0) is 23.4 Å². The second kappa shape index (κ2) is 2.74. The molecule has 5 heteroatoms. The minimum Gasteiger partial charge on any atom is -0.433 e. The molecule has 0 unspecified atom stereocenters. The Morgan fingerprint density at radius 3 is 2.92 bits per heavy atom. The van der Waals surface area contributed by atoms with Gasteiger partial charge in [0.25, 0.3) is 5.78 Å². The lowest BCUT2D eigenvalue weighted by molar-refractivity contribution is 0.105. The maximum absolute atomic E-state index is 11.3. The van der Waals surface area contributed by atoms with Crippen molar-refractivity contribution in [2.24, 2.45) is 5.16 Å². The summed E-state index contributed by atoms with van der Waals surface area (Å²) in [6.45, 7) is 0. The van der Waals surface area contributed by atoms with Gasteiger partial charge in [-0.25, -0.2) is 0 Å². The molecule has 1 aliphatic heterocycles. The Labute approximate surface area is 78.4 Å². The van der Waals surface area contributed by atoms with Crippen LogP contribution in [0.1, 0.15) is 10.4 Å². The number of fused-ring (bicyclic) bond motifs is 1. The van der Waals surface area contributed by atoms with Crippen molar-refractivity contribution in [3.8, 4) is 5.75 Å². The van der Waals surface area contributed by atoms with Crippen LogP contribution < -0.4 is 4.74 Å². The molecule has 0 saturated carbocycles. The molecule has 0 fully saturated rings. The van der Waals surface area contributed by atoms with Crippen LogP contribution in [0.2, 0.25) is 5.02 Å². The van der Waals surface area contributed by atoms with Crippen LogP contribution in [0.4, 0.5) is 0 Å². The third kappa shape index (κ3) is 1.15. The first-order valence-corrected chi connectivity index (χ1v) is 3.84. The molecule has 0 radical (unpaired) electrons. The van der Waals surface area contributed by atoms with Gasteiger partial charge in [-0.1, -0.05) is 11.6 Å². The van der Waals surface area contributed by atoms with E-state index in [4.69, 9.17) is 21.5 Å². The van der Waals surface area contributed by atoms with Crippen LogP contribution in [-0.4, -0.2) is 16.9 Å². The number of benzene rings is 1. The fourth-order valence-corrected chi connectivity index (χ4v) is 1.27. The topological polar surface area (TPSA) is 58.9 Å². The fraction of sp³-hybridized carbons (Fsp3) is 0. The van der Waals surface area contributed by atoms with Crippen LogP contribution in [0.25, 0.3) is 0 Å². The smallest absolute Gasteiger partial charge is 0.304 e. The standard InChI is InChI=1S/C8H4ClNO3/c9-4-1-2-6-5(3-4)7(11)8(10-12)13-6/h1-3,12H. The molecule has 1 aromatic carbocycles. The van der Waals surface area contributed by atoms with E-state index >= 15 is 0 Å². The van der Waals surface area contributed by atoms with Crippen LogP contribution in [0, 0.1) is 0 Å². The lowest BCUT2D eigenvalue weighted by Gasteiger charge is -1.94. The summed E-state index contributed by atoms with van der Waals surface area (Å²) in [5.74, 6) is -0.417. The maximum Gasteiger partial charge on any atom is 0.304 e. The van der Waals surface area contributed by atoms with Gasteiger partial charge in [0.05, 0.1) is 5.56 Å². The summed E-state index contributed by atoms with van der Waals surface area (Å²) in [5, 5.41) is 11.5. The lowest BCUT2D eigenvalue weighted by atomic mass is 10.1. The van der Waals surface area contributed by atoms with Crippen molar-refractivity contribution in [2.45, 2.75) is 0 Å². The highest BCUT2D eigenvalue weighted by Crippen LogP contribution is 2.28. The Hall–Kier alpha value is -1.55. The average Bonchev–Trinajstić information content (AvgIpc) is 2.44. The highest BCUT2D eigenvalue weighted by molar-refractivity contribution is 6.46. The van der Waals surface area contributed by atoms with Crippen molar-refractivity contribution < 1.29 is 14.7 Å². The quantitative estimate of drug-likeness (QED) is 0.509. The molecular formula is C8H4ClNO3. The minimum absolute atomic E-state index is 0.320. The zero-order valence-corrected chi connectivity index (χ0v) is 7.08. The predicted molar refractivity (Wildman–Crippen MR) is 45.6 cm³/mol. The number of ketones is 1. The number of hydrogen-bond donors (Lipinski definition) is 1. The van der Waals surface area contributed by atoms with Gasteiger partial charge >= 0.3 is 5.90 Å². The summed E-state index contributed by atoms with van der Waals surface area (Å²) in [5.41, 5.74) is 0.320. The van der Waals surface area contributed by atoms with Crippen LogP contribution in [0.15, 0.2) is 23.4 Å². The fourth-order valence-electron chi connectivity index (χ4n) is 1.10. The number of Topliss-reactive ketones (excluding diaryl/α,β-unsaturated/α-hetero) is 1. The Morgan fingerprint density at radius 1 is 1.46 bits per heavy atom. The van der Waals surface area contributed by atoms with Crippen LogP contribution >= 0.6 is 11.6 Å². The van der Waals surface area contributed by atoms with E-state index < -0.39 is 5.78 Å². The van der Waals surface area contributed by atoms with E-state index in [0.717, 1.165) is 0 Å². The summed E-state index contributed by atoms with van der Waals surface area (Å²) in [6, 6.07) is 4.61. The monoisotopic (exact) mass is 197 g/mol. The number of hydrogen-bond acceptors (Lipinski definition) is 4. The number of nitrogens with zero attached hydrogens (tertiary/aromatic N) is 1. The van der Waals surface area contributed by atoms with E-state index in [9.17, 15) is 4.79 Å². The third-order valence-corrected chi connectivity index (χ3v) is 1.91. The maximum atomic E-state index is 11.3. The molecule has 0 amide bonds. The van der Waals surface area contributed by atoms with E-state index in [-0.39, 0.29) is 5.90 Å². The number of carbonyl (C=O) groups is 1. The van der Waals surface area contributed by atoms with Crippen molar-refractivity contribution in [2.75, 3.05) is 0 Å². The molecule has 0 aromatic heterocycles. The van der Waals surface area contributed by atoms with Gasteiger partial charge in [-0.2, -0.15) is 0 Å². The van der Waals surface area contributed by atoms with Crippen molar-refractivity contribution in [1.82, 2.24) is 0 Å². The number of oxime groups is 1. The van der Waals surface area contributed by atoms with Crippen LogP contribution in [0.3, 0.4) is 0 Å². The summed E-state index contributed by atoms with van der Waals surface area (Å²) >= 11 is 5.67. The van der Waals surface area contributed by atoms with E-state index in [0.29, 0.717) is 16.3 Å². The van der Waals surface area contributed by atoms with Gasteiger partial charge in [0.2, 0.25) is 0 Å². The Kier molecular flexibility index (Phi) is 1.70. The molecule has 0 aliphatic carbocycles. The zero-order valence-electron chi connectivity index (χ0n) is 6.32. The highest BCUT2D eigenvalue weighted by atomic mass is 35.5. The second-order valence-corrected chi connectivity index (χ2v) is 2.91. The van der Waals surface area contributed by atoms with Gasteiger partial charge < -0.3 is 9.94 Å². The molecule has 0 bridgehead atoms. The van der Waals surface area contributed by atoms with Gasteiger partial charge in [-0.3, -0.25) is 4.79 Å². The van der Waals surface area contributed by atoms with E-state index in [1.54, 1.807) is 12.1 Å². The SMILES string of the molecule is O=C1C(=NO)Oc2ccc(Cl)cc21. The van der Waals surface area contributed by atoms with Gasteiger partial charge in [-0.15, -0.1) is 0 Å². The van der Waals surface area contributed by atoms with E-state index in [2.05, 4.69) is 5.16 Å². The normalized spacial score (nSPS) is 17.3. The first-order valence-electron chi connectivity index (χ1n) is 3.46. The van der Waals surface area contributed by atoms with E-state index in [1.165, 1.54) is 6.07 Å². The molecule has 0 atom stereocenters. The summed E-state index contributed by atoms with van der Waals surface area (Å²) in [7, 11) is 0. The number of halogens is 1. The molecular weight excluding hydrogens is 194 g/mol. The molecule has 1 aliphatic rings. The van der Waals surface area contributed by atoms with E-state index in [1.807, 2.05) is 0 Å². The van der Waals surface area contributed by atoms with Crippen molar-refractivity contribution in [1.29, 1.82) is 0 Å². The molecule has 66 valence electrons. The molecule has 1 heterocycles. The highest BCUT2D eigenvalue weighted by Gasteiger charge is 2.29. The van der Waals surface area contributed by atoms with Crippen LogP contribution in [-0.2, 0) is 0 Å². The zero-order chi connectivity index (χ0) is 9.42. The number of ether oxygens (including phenoxy) is 1. The summed E-state index contributed by atoms with van der Waals surface area (Å²) < 4.78 is 4.92. The van der Waals surface area contributed by atoms with Crippen molar-refractivity contribution >= 4 is 23.3 Å². The second-order valence-electron chi connectivity index (χ2n) is 2.48. The Balaban J connectivity index is 2.57. The summed E-state index contributed by atoms with van der Waals surface area (Å²) in [4.78, 5) is 11.3. The van der Waals surface area contributed by atoms with Gasteiger partial charge in [0, 0.05) is 5.02 Å². The third-order valence-electron chi connectivity index (χ3n) is 1.68. The Morgan fingerprint density at radius 2 is 2.23 bits per heavy atom.